The molecule has 0 saturated carbocycles. The van der Waals surface area contributed by atoms with E-state index >= 15 is 0 Å². The summed E-state index contributed by atoms with van der Waals surface area (Å²) in [7, 11) is 0. The second-order valence-electron chi connectivity index (χ2n) is 5.41. The van der Waals surface area contributed by atoms with Crippen molar-refractivity contribution < 1.29 is 24.0 Å². The number of hydrazine groups is 1. The number of benzene rings is 2. The summed E-state index contributed by atoms with van der Waals surface area (Å²) < 4.78 is 10.5. The number of nitrogens with one attached hydrogen (secondary N) is 2. The first-order valence-electron chi connectivity index (χ1n) is 8.35. The van der Waals surface area contributed by atoms with Gasteiger partial charge in [-0.15, -0.1) is 0 Å². The number of nitrogens with zero attached hydrogens (tertiary/aromatic N) is 1. The maximum absolute atomic E-state index is 11.7. The van der Waals surface area contributed by atoms with Crippen molar-refractivity contribution in [2.75, 3.05) is 13.2 Å². The second-order valence-corrected chi connectivity index (χ2v) is 5.41. The summed E-state index contributed by atoms with van der Waals surface area (Å²) in [5, 5.41) is 10.6. The molecule has 146 valence electrons. The Bertz CT molecular complexity index is 847. The van der Waals surface area contributed by atoms with Gasteiger partial charge in [0.15, 0.2) is 6.61 Å². The Hall–Kier alpha value is -3.88. The number of hydrogen-bond donors (Lipinski definition) is 2. The summed E-state index contributed by atoms with van der Waals surface area (Å²) in [5.41, 5.74) is 5.14. The molecular formula is C19H19N3O6. The largest absolute Gasteiger partial charge is 0.494 e. The molecule has 0 saturated heterocycles. The average Bonchev–Trinajstić information content (AvgIpc) is 2.70. The first-order valence-corrected chi connectivity index (χ1v) is 8.35. The highest BCUT2D eigenvalue weighted by molar-refractivity contribution is 5.93. The molecule has 0 aliphatic rings. The third-order valence-corrected chi connectivity index (χ3v) is 3.36. The molecule has 0 aliphatic carbocycles. The Morgan fingerprint density at radius 3 is 2.21 bits per heavy atom. The minimum Gasteiger partial charge on any atom is -0.494 e. The predicted octanol–water partition coefficient (Wildman–Crippen LogP) is 2.23. The molecule has 0 bridgehead atoms. The number of carbonyl (C=O) groups excluding carboxylic acids is 2. The summed E-state index contributed by atoms with van der Waals surface area (Å²) >= 11 is 0. The van der Waals surface area contributed by atoms with E-state index in [2.05, 4.69) is 10.9 Å². The lowest BCUT2D eigenvalue weighted by Crippen LogP contribution is -2.43. The van der Waals surface area contributed by atoms with Gasteiger partial charge in [-0.3, -0.25) is 30.6 Å². The second kappa shape index (κ2) is 10.3. The summed E-state index contributed by atoms with van der Waals surface area (Å²) in [6.07, 6.45) is 2.86. The van der Waals surface area contributed by atoms with Crippen molar-refractivity contribution in [1.82, 2.24) is 10.9 Å². The topological polar surface area (TPSA) is 120 Å². The van der Waals surface area contributed by atoms with E-state index in [9.17, 15) is 19.7 Å². The SMILES string of the molecule is CCOc1ccc(/C=C/C(=O)NNC(=O)COc2ccc([N+](=O)[O-])cc2)cc1. The van der Waals surface area contributed by atoms with Crippen LogP contribution in [0, 0.1) is 10.1 Å². The fourth-order valence-corrected chi connectivity index (χ4v) is 2.04. The zero-order valence-corrected chi connectivity index (χ0v) is 15.1. The summed E-state index contributed by atoms with van der Waals surface area (Å²) in [6.45, 7) is 2.11. The molecule has 0 spiro atoms. The number of non-ortho nitro benzene ring substituents is 1. The maximum atomic E-state index is 11.7. The zero-order valence-electron chi connectivity index (χ0n) is 15.1. The molecule has 2 rings (SSSR count). The first-order chi connectivity index (χ1) is 13.5. The van der Waals surface area contributed by atoms with Crippen molar-refractivity contribution in [2.24, 2.45) is 0 Å². The van der Waals surface area contributed by atoms with Gasteiger partial charge < -0.3 is 9.47 Å². The van der Waals surface area contributed by atoms with Crippen LogP contribution in [0.1, 0.15) is 12.5 Å². The van der Waals surface area contributed by atoms with Crippen LogP contribution >= 0.6 is 0 Å². The van der Waals surface area contributed by atoms with Crippen LogP contribution in [0.5, 0.6) is 11.5 Å². The van der Waals surface area contributed by atoms with Crippen LogP contribution in [-0.4, -0.2) is 30.0 Å². The van der Waals surface area contributed by atoms with Crippen LogP contribution in [0.2, 0.25) is 0 Å². The number of rotatable bonds is 8. The highest BCUT2D eigenvalue weighted by Gasteiger charge is 2.07. The van der Waals surface area contributed by atoms with E-state index in [0.29, 0.717) is 12.4 Å². The van der Waals surface area contributed by atoms with Crippen molar-refractivity contribution in [3.05, 3.63) is 70.3 Å². The Labute approximate surface area is 161 Å². The predicted molar refractivity (Wildman–Crippen MR) is 102 cm³/mol. The van der Waals surface area contributed by atoms with Crippen LogP contribution in [-0.2, 0) is 9.59 Å². The van der Waals surface area contributed by atoms with Gasteiger partial charge in [0.25, 0.3) is 17.5 Å². The standard InChI is InChI=1S/C19H19N3O6/c1-2-27-16-8-3-14(4-9-16)5-12-18(23)20-21-19(24)13-28-17-10-6-15(7-11-17)22(25)26/h3-12H,2,13H2,1H3,(H,20,23)(H,21,24)/b12-5+. The Balaban J connectivity index is 1.72. The van der Waals surface area contributed by atoms with Gasteiger partial charge in [-0.25, -0.2) is 0 Å². The summed E-state index contributed by atoms with van der Waals surface area (Å²) in [4.78, 5) is 33.4. The van der Waals surface area contributed by atoms with Crippen LogP contribution in [0.4, 0.5) is 5.69 Å². The average molecular weight is 385 g/mol. The molecule has 28 heavy (non-hydrogen) atoms. The van der Waals surface area contributed by atoms with Gasteiger partial charge in [-0.05, 0) is 42.8 Å². The molecular weight excluding hydrogens is 366 g/mol. The number of nitro groups is 1. The first kappa shape index (κ1) is 20.4. The van der Waals surface area contributed by atoms with Gasteiger partial charge in [0.05, 0.1) is 11.5 Å². The van der Waals surface area contributed by atoms with E-state index in [0.717, 1.165) is 11.3 Å². The maximum Gasteiger partial charge on any atom is 0.276 e. The molecule has 2 amide bonds. The third-order valence-electron chi connectivity index (χ3n) is 3.36. The fraction of sp³-hybridized carbons (Fsp3) is 0.158. The van der Waals surface area contributed by atoms with Crippen LogP contribution in [0.15, 0.2) is 54.6 Å². The van der Waals surface area contributed by atoms with Crippen LogP contribution in [0.3, 0.4) is 0 Å². The lowest BCUT2D eigenvalue weighted by atomic mass is 10.2. The molecule has 0 heterocycles. The highest BCUT2D eigenvalue weighted by Crippen LogP contribution is 2.17. The molecule has 2 aromatic rings. The van der Waals surface area contributed by atoms with Gasteiger partial charge >= 0.3 is 0 Å². The number of carbonyl (C=O) groups is 2. The molecule has 2 N–H and O–H groups in total. The van der Waals surface area contributed by atoms with E-state index in [1.165, 1.54) is 30.3 Å². The molecule has 0 radical (unpaired) electrons. The summed E-state index contributed by atoms with van der Waals surface area (Å²) in [6, 6.07) is 12.5. The normalized spacial score (nSPS) is 10.3. The number of amides is 2. The molecule has 0 unspecified atom stereocenters. The zero-order chi connectivity index (χ0) is 20.4. The molecule has 0 aromatic heterocycles. The van der Waals surface area contributed by atoms with Crippen LogP contribution in [0.25, 0.3) is 6.08 Å². The molecule has 9 nitrogen and oxygen atoms in total. The molecule has 2 aromatic carbocycles. The third kappa shape index (κ3) is 6.79. The van der Waals surface area contributed by atoms with Gasteiger partial charge in [-0.2, -0.15) is 0 Å². The molecule has 0 fully saturated rings. The Morgan fingerprint density at radius 2 is 1.61 bits per heavy atom. The Kier molecular flexibility index (Phi) is 7.53. The van der Waals surface area contributed by atoms with Crippen molar-refractivity contribution in [2.45, 2.75) is 6.92 Å². The summed E-state index contributed by atoms with van der Waals surface area (Å²) in [5.74, 6) is -0.0643. The van der Waals surface area contributed by atoms with Crippen LogP contribution < -0.4 is 20.3 Å². The van der Waals surface area contributed by atoms with Crippen molar-refractivity contribution in [3.63, 3.8) is 0 Å². The smallest absolute Gasteiger partial charge is 0.276 e. The number of hydrogen-bond acceptors (Lipinski definition) is 6. The number of ether oxygens (including phenoxy) is 2. The van der Waals surface area contributed by atoms with Crippen molar-refractivity contribution >= 4 is 23.6 Å². The lowest BCUT2D eigenvalue weighted by Gasteiger charge is -2.07. The quantitative estimate of drug-likeness (QED) is 0.408. The molecule has 9 heteroatoms. The fourth-order valence-electron chi connectivity index (χ4n) is 2.04. The van der Waals surface area contributed by atoms with Gasteiger partial charge in [0.1, 0.15) is 11.5 Å². The minimum absolute atomic E-state index is 0.0802. The monoisotopic (exact) mass is 385 g/mol. The lowest BCUT2D eigenvalue weighted by molar-refractivity contribution is -0.384. The minimum atomic E-state index is -0.582. The van der Waals surface area contributed by atoms with E-state index < -0.39 is 16.7 Å². The van der Waals surface area contributed by atoms with E-state index in [1.807, 2.05) is 6.92 Å². The van der Waals surface area contributed by atoms with Crippen molar-refractivity contribution in [1.29, 1.82) is 0 Å². The van der Waals surface area contributed by atoms with Gasteiger partial charge in [0.2, 0.25) is 0 Å². The Morgan fingerprint density at radius 1 is 1.00 bits per heavy atom. The van der Waals surface area contributed by atoms with E-state index in [4.69, 9.17) is 9.47 Å². The van der Waals surface area contributed by atoms with Crippen molar-refractivity contribution in [3.8, 4) is 11.5 Å². The van der Waals surface area contributed by atoms with E-state index in [1.54, 1.807) is 30.3 Å². The van der Waals surface area contributed by atoms with Gasteiger partial charge in [0, 0.05) is 18.2 Å². The highest BCUT2D eigenvalue weighted by atomic mass is 16.6. The molecule has 0 aliphatic heterocycles. The van der Waals surface area contributed by atoms with Gasteiger partial charge in [-0.1, -0.05) is 12.1 Å². The molecule has 0 atom stereocenters. The van der Waals surface area contributed by atoms with E-state index in [-0.39, 0.29) is 12.3 Å². The number of nitro benzene ring substituents is 1.